The highest BCUT2D eigenvalue weighted by Gasteiger charge is 2.01. The summed E-state index contributed by atoms with van der Waals surface area (Å²) in [6.45, 7) is 0.790. The lowest BCUT2D eigenvalue weighted by Crippen LogP contribution is -2.06. The average Bonchev–Trinajstić information content (AvgIpc) is 3.02. The molecule has 0 aliphatic rings. The third kappa shape index (κ3) is 3.77. The van der Waals surface area contributed by atoms with Gasteiger partial charge in [0.25, 0.3) is 0 Å². The molecular formula is C15H13ClN4S. The van der Waals surface area contributed by atoms with Crippen molar-refractivity contribution in [1.29, 1.82) is 0 Å². The second-order valence-electron chi connectivity index (χ2n) is 4.45. The van der Waals surface area contributed by atoms with E-state index in [9.17, 15) is 0 Å². The summed E-state index contributed by atoms with van der Waals surface area (Å²) in [7, 11) is 0. The molecule has 0 saturated carbocycles. The van der Waals surface area contributed by atoms with Crippen LogP contribution in [0.3, 0.4) is 0 Å². The summed E-state index contributed by atoms with van der Waals surface area (Å²) in [5.74, 6) is 0.767. The van der Waals surface area contributed by atoms with Gasteiger partial charge in [-0.05, 0) is 12.1 Å². The second kappa shape index (κ2) is 6.65. The molecule has 0 unspecified atom stereocenters. The van der Waals surface area contributed by atoms with Crippen molar-refractivity contribution in [3.8, 4) is 11.3 Å². The molecule has 0 bridgehead atoms. The van der Waals surface area contributed by atoms with Crippen LogP contribution in [0.4, 0.5) is 5.82 Å². The molecule has 1 N–H and O–H groups in total. The van der Waals surface area contributed by atoms with E-state index in [2.05, 4.69) is 25.6 Å². The third-order valence-electron chi connectivity index (χ3n) is 2.96. The van der Waals surface area contributed by atoms with Crippen molar-refractivity contribution in [1.82, 2.24) is 15.0 Å². The van der Waals surface area contributed by atoms with Crippen LogP contribution < -0.4 is 5.32 Å². The van der Waals surface area contributed by atoms with Crippen molar-refractivity contribution in [2.45, 2.75) is 6.42 Å². The van der Waals surface area contributed by atoms with Crippen LogP contribution >= 0.6 is 22.9 Å². The number of nitrogens with zero attached hydrogens (tertiary/aromatic N) is 3. The van der Waals surface area contributed by atoms with Crippen LogP contribution in [0.15, 0.2) is 47.5 Å². The molecule has 0 amide bonds. The molecule has 21 heavy (non-hydrogen) atoms. The van der Waals surface area contributed by atoms with E-state index in [0.29, 0.717) is 5.02 Å². The van der Waals surface area contributed by atoms with Gasteiger partial charge in [0.1, 0.15) is 5.82 Å². The standard InChI is InChI=1S/C15H13ClN4S/c16-12-3-1-11(2-4-12)14-7-19-15(8-18-14)17-6-5-13-9-21-10-20-13/h1-4,7-10H,5-6H2,(H,17,19). The van der Waals surface area contributed by atoms with E-state index in [-0.39, 0.29) is 0 Å². The Balaban J connectivity index is 1.60. The van der Waals surface area contributed by atoms with Gasteiger partial charge in [-0.1, -0.05) is 23.7 Å². The van der Waals surface area contributed by atoms with E-state index in [0.717, 1.165) is 35.7 Å². The minimum atomic E-state index is 0.715. The van der Waals surface area contributed by atoms with Gasteiger partial charge in [-0.2, -0.15) is 0 Å². The van der Waals surface area contributed by atoms with Gasteiger partial charge < -0.3 is 5.32 Å². The summed E-state index contributed by atoms with van der Waals surface area (Å²) in [6.07, 6.45) is 4.38. The van der Waals surface area contributed by atoms with E-state index < -0.39 is 0 Å². The van der Waals surface area contributed by atoms with E-state index in [1.165, 1.54) is 0 Å². The summed E-state index contributed by atoms with van der Waals surface area (Å²) in [5.41, 5.74) is 4.77. The fourth-order valence-corrected chi connectivity index (χ4v) is 2.59. The molecule has 106 valence electrons. The normalized spacial score (nSPS) is 10.5. The Kier molecular flexibility index (Phi) is 4.43. The zero-order chi connectivity index (χ0) is 14.5. The molecule has 2 heterocycles. The highest BCUT2D eigenvalue weighted by atomic mass is 35.5. The van der Waals surface area contributed by atoms with Crippen molar-refractivity contribution in [2.24, 2.45) is 0 Å². The lowest BCUT2D eigenvalue weighted by molar-refractivity contribution is 0.965. The van der Waals surface area contributed by atoms with Crippen molar-refractivity contribution >= 4 is 28.8 Å². The highest BCUT2D eigenvalue weighted by Crippen LogP contribution is 2.19. The molecule has 0 spiro atoms. The van der Waals surface area contributed by atoms with Crippen LogP contribution in [0.2, 0.25) is 5.02 Å². The van der Waals surface area contributed by atoms with Crippen LogP contribution in [0, 0.1) is 0 Å². The Hall–Kier alpha value is -1.98. The zero-order valence-corrected chi connectivity index (χ0v) is 12.7. The molecule has 4 nitrogen and oxygen atoms in total. The van der Waals surface area contributed by atoms with Crippen molar-refractivity contribution < 1.29 is 0 Å². The minimum Gasteiger partial charge on any atom is -0.368 e. The highest BCUT2D eigenvalue weighted by molar-refractivity contribution is 7.07. The second-order valence-corrected chi connectivity index (χ2v) is 5.61. The first-order valence-electron chi connectivity index (χ1n) is 6.50. The third-order valence-corrected chi connectivity index (χ3v) is 3.85. The van der Waals surface area contributed by atoms with E-state index in [1.54, 1.807) is 23.7 Å². The van der Waals surface area contributed by atoms with Crippen molar-refractivity contribution in [2.75, 3.05) is 11.9 Å². The van der Waals surface area contributed by atoms with Crippen molar-refractivity contribution in [3.05, 3.63) is 58.3 Å². The molecule has 2 aromatic heterocycles. The zero-order valence-electron chi connectivity index (χ0n) is 11.2. The fraction of sp³-hybridized carbons (Fsp3) is 0.133. The molecular weight excluding hydrogens is 304 g/mol. The molecule has 6 heteroatoms. The number of hydrogen-bond acceptors (Lipinski definition) is 5. The smallest absolute Gasteiger partial charge is 0.144 e. The van der Waals surface area contributed by atoms with Crippen LogP contribution in [0.5, 0.6) is 0 Å². The summed E-state index contributed by atoms with van der Waals surface area (Å²) in [6, 6.07) is 7.56. The summed E-state index contributed by atoms with van der Waals surface area (Å²) in [4.78, 5) is 13.0. The average molecular weight is 317 g/mol. The summed E-state index contributed by atoms with van der Waals surface area (Å²) < 4.78 is 0. The van der Waals surface area contributed by atoms with Crippen LogP contribution in [0.25, 0.3) is 11.3 Å². The number of anilines is 1. The minimum absolute atomic E-state index is 0.715. The molecule has 0 atom stereocenters. The van der Waals surface area contributed by atoms with Gasteiger partial charge >= 0.3 is 0 Å². The largest absolute Gasteiger partial charge is 0.368 e. The number of aromatic nitrogens is 3. The number of nitrogens with one attached hydrogen (secondary N) is 1. The molecule has 0 radical (unpaired) electrons. The lowest BCUT2D eigenvalue weighted by Gasteiger charge is -2.05. The number of halogens is 1. The molecule has 3 rings (SSSR count). The van der Waals surface area contributed by atoms with E-state index >= 15 is 0 Å². The van der Waals surface area contributed by atoms with Gasteiger partial charge in [-0.25, -0.2) is 9.97 Å². The van der Waals surface area contributed by atoms with Gasteiger partial charge in [0, 0.05) is 28.9 Å². The maximum absolute atomic E-state index is 5.87. The number of hydrogen-bond donors (Lipinski definition) is 1. The van der Waals surface area contributed by atoms with Crippen molar-refractivity contribution in [3.63, 3.8) is 0 Å². The Morgan fingerprint density at radius 2 is 1.90 bits per heavy atom. The molecule has 0 aliphatic carbocycles. The Labute approximate surface area is 131 Å². The van der Waals surface area contributed by atoms with Gasteiger partial charge in [0.05, 0.1) is 29.3 Å². The van der Waals surface area contributed by atoms with Gasteiger partial charge in [-0.15, -0.1) is 11.3 Å². The first kappa shape index (κ1) is 14.0. The van der Waals surface area contributed by atoms with E-state index in [4.69, 9.17) is 11.6 Å². The lowest BCUT2D eigenvalue weighted by atomic mass is 10.2. The molecule has 0 saturated heterocycles. The molecule has 3 aromatic rings. The van der Waals surface area contributed by atoms with Gasteiger partial charge in [0.2, 0.25) is 0 Å². The maximum Gasteiger partial charge on any atom is 0.144 e. The summed E-state index contributed by atoms with van der Waals surface area (Å²) >= 11 is 7.48. The summed E-state index contributed by atoms with van der Waals surface area (Å²) in [5, 5.41) is 6.01. The number of benzene rings is 1. The Bertz CT molecular complexity index is 681. The molecule has 1 aromatic carbocycles. The topological polar surface area (TPSA) is 50.7 Å². The van der Waals surface area contributed by atoms with Crippen LogP contribution in [-0.2, 0) is 6.42 Å². The molecule has 0 fully saturated rings. The van der Waals surface area contributed by atoms with Crippen LogP contribution in [0.1, 0.15) is 5.69 Å². The predicted octanol–water partition coefficient (Wildman–Crippen LogP) is 3.91. The Morgan fingerprint density at radius 3 is 2.57 bits per heavy atom. The predicted molar refractivity (Wildman–Crippen MR) is 86.8 cm³/mol. The molecule has 0 aliphatic heterocycles. The fourth-order valence-electron chi connectivity index (χ4n) is 1.87. The number of rotatable bonds is 5. The monoisotopic (exact) mass is 316 g/mol. The maximum atomic E-state index is 5.87. The first-order valence-corrected chi connectivity index (χ1v) is 7.82. The van der Waals surface area contributed by atoms with Gasteiger partial charge in [-0.3, -0.25) is 4.98 Å². The Morgan fingerprint density at radius 1 is 1.05 bits per heavy atom. The van der Waals surface area contributed by atoms with Gasteiger partial charge in [0.15, 0.2) is 0 Å². The first-order chi connectivity index (χ1) is 10.3. The number of thiazole rings is 1. The van der Waals surface area contributed by atoms with Crippen LogP contribution in [-0.4, -0.2) is 21.5 Å². The quantitative estimate of drug-likeness (QED) is 0.775. The van der Waals surface area contributed by atoms with E-state index in [1.807, 2.05) is 29.8 Å². The SMILES string of the molecule is Clc1ccc(-c2cnc(NCCc3cscn3)cn2)cc1.